The first-order chi connectivity index (χ1) is 8.48. The van der Waals surface area contributed by atoms with Gasteiger partial charge in [-0.15, -0.1) is 11.8 Å². The molecule has 5 heteroatoms. The van der Waals surface area contributed by atoms with E-state index in [0.29, 0.717) is 0 Å². The fourth-order valence-corrected chi connectivity index (χ4v) is 5.12. The molecule has 1 aromatic carbocycles. The van der Waals surface area contributed by atoms with Gasteiger partial charge in [0.05, 0.1) is 11.3 Å². The Bertz CT molecular complexity index is 556. The van der Waals surface area contributed by atoms with E-state index in [2.05, 4.69) is 0 Å². The summed E-state index contributed by atoms with van der Waals surface area (Å²) in [4.78, 5) is 23.8. The van der Waals surface area contributed by atoms with Gasteiger partial charge in [-0.05, 0) is 18.6 Å². The molecule has 4 nitrogen and oxygen atoms in total. The number of carboxylic acids is 2. The molecule has 0 amide bonds. The van der Waals surface area contributed by atoms with Crippen LogP contribution >= 0.6 is 11.8 Å². The van der Waals surface area contributed by atoms with Crippen LogP contribution in [-0.2, 0) is 9.59 Å². The van der Waals surface area contributed by atoms with Crippen molar-refractivity contribution in [3.63, 3.8) is 0 Å². The third kappa shape index (κ3) is 1.17. The number of carbonyl (C=O) groups is 2. The first kappa shape index (κ1) is 11.6. The molecule has 1 heterocycles. The van der Waals surface area contributed by atoms with Crippen LogP contribution in [0.1, 0.15) is 18.4 Å². The minimum Gasteiger partial charge on any atom is -0.481 e. The average molecular weight is 264 g/mol. The molecule has 0 aromatic heterocycles. The van der Waals surface area contributed by atoms with Crippen LogP contribution in [-0.4, -0.2) is 27.4 Å². The second-order valence-corrected chi connectivity index (χ2v) is 6.22. The number of hydrogen-bond acceptors (Lipinski definition) is 3. The summed E-state index contributed by atoms with van der Waals surface area (Å²) in [5.41, 5.74) is -0.217. The maximum atomic E-state index is 11.5. The Morgan fingerprint density at radius 1 is 1.28 bits per heavy atom. The zero-order valence-electron chi connectivity index (χ0n) is 9.66. The summed E-state index contributed by atoms with van der Waals surface area (Å²) in [5, 5.41) is 18.5. The maximum absolute atomic E-state index is 11.5. The van der Waals surface area contributed by atoms with E-state index in [-0.39, 0.29) is 11.2 Å². The molecule has 1 fully saturated rings. The second-order valence-electron chi connectivity index (χ2n) is 5.00. The summed E-state index contributed by atoms with van der Waals surface area (Å²) < 4.78 is 0. The Balaban J connectivity index is 2.10. The standard InChI is InChI=1S/C13H12O4S/c1-13(12(16)17)8-6-4-2-3-5-7(6)18-10(8)9(13)11(14)15/h2-5,8-10H,1H3,(H,14,15)(H,16,17). The molecule has 18 heavy (non-hydrogen) atoms. The molecule has 1 aliphatic carbocycles. The highest BCUT2D eigenvalue weighted by molar-refractivity contribution is 8.00. The predicted octanol–water partition coefficient (Wildman–Crippen LogP) is 2.05. The van der Waals surface area contributed by atoms with Gasteiger partial charge in [0, 0.05) is 16.1 Å². The first-order valence-electron chi connectivity index (χ1n) is 5.69. The van der Waals surface area contributed by atoms with Crippen molar-refractivity contribution in [3.05, 3.63) is 29.8 Å². The number of hydrogen-bond donors (Lipinski definition) is 2. The van der Waals surface area contributed by atoms with Gasteiger partial charge in [0.25, 0.3) is 0 Å². The zero-order chi connectivity index (χ0) is 13.1. The van der Waals surface area contributed by atoms with E-state index in [4.69, 9.17) is 0 Å². The van der Waals surface area contributed by atoms with Gasteiger partial charge in [-0.3, -0.25) is 9.59 Å². The van der Waals surface area contributed by atoms with E-state index in [9.17, 15) is 19.8 Å². The van der Waals surface area contributed by atoms with Gasteiger partial charge in [0.15, 0.2) is 0 Å². The van der Waals surface area contributed by atoms with E-state index in [1.54, 1.807) is 6.92 Å². The van der Waals surface area contributed by atoms with E-state index in [1.165, 1.54) is 11.8 Å². The fraction of sp³-hybridized carbons (Fsp3) is 0.385. The number of thioether (sulfide) groups is 1. The van der Waals surface area contributed by atoms with E-state index in [1.807, 2.05) is 24.3 Å². The van der Waals surface area contributed by atoms with Gasteiger partial charge < -0.3 is 10.2 Å². The van der Waals surface area contributed by atoms with Gasteiger partial charge in [-0.25, -0.2) is 0 Å². The summed E-state index contributed by atoms with van der Waals surface area (Å²) in [6.07, 6.45) is 0. The number of aliphatic carboxylic acids is 2. The van der Waals surface area contributed by atoms with Crippen molar-refractivity contribution < 1.29 is 19.8 Å². The van der Waals surface area contributed by atoms with Crippen LogP contribution in [0.5, 0.6) is 0 Å². The van der Waals surface area contributed by atoms with Gasteiger partial charge in [0.1, 0.15) is 0 Å². The highest BCUT2D eigenvalue weighted by atomic mass is 32.2. The van der Waals surface area contributed by atoms with E-state index < -0.39 is 23.3 Å². The molecule has 3 rings (SSSR count). The molecular formula is C13H12O4S. The van der Waals surface area contributed by atoms with Crippen LogP contribution in [0, 0.1) is 11.3 Å². The SMILES string of the molecule is CC1(C(=O)O)C(C(=O)O)C2Sc3ccccc3C21. The fourth-order valence-electron chi connectivity index (χ4n) is 3.24. The first-order valence-corrected chi connectivity index (χ1v) is 6.57. The number of carboxylic acid groups (broad SMARTS) is 2. The van der Waals surface area contributed by atoms with Crippen LogP contribution in [0.25, 0.3) is 0 Å². The third-order valence-corrected chi connectivity index (χ3v) is 5.64. The van der Waals surface area contributed by atoms with Crippen LogP contribution in [0.4, 0.5) is 0 Å². The van der Waals surface area contributed by atoms with Crippen molar-refractivity contribution in [1.29, 1.82) is 0 Å². The highest BCUT2D eigenvalue weighted by Crippen LogP contribution is 2.68. The van der Waals surface area contributed by atoms with Crippen molar-refractivity contribution in [3.8, 4) is 0 Å². The lowest BCUT2D eigenvalue weighted by molar-refractivity contribution is -0.173. The van der Waals surface area contributed by atoms with Gasteiger partial charge in [-0.2, -0.15) is 0 Å². The Morgan fingerprint density at radius 2 is 1.94 bits per heavy atom. The highest BCUT2D eigenvalue weighted by Gasteiger charge is 2.69. The average Bonchev–Trinajstić information content (AvgIpc) is 2.61. The van der Waals surface area contributed by atoms with E-state index >= 15 is 0 Å². The Kier molecular flexibility index (Phi) is 2.26. The summed E-state index contributed by atoms with van der Waals surface area (Å²) in [6, 6.07) is 7.61. The summed E-state index contributed by atoms with van der Waals surface area (Å²) in [5.74, 6) is -3.05. The molecule has 0 spiro atoms. The second kappa shape index (κ2) is 3.51. The lowest BCUT2D eigenvalue weighted by Gasteiger charge is -2.51. The number of benzene rings is 1. The predicted molar refractivity (Wildman–Crippen MR) is 65.7 cm³/mol. The van der Waals surface area contributed by atoms with Crippen LogP contribution in [0.3, 0.4) is 0 Å². The molecule has 0 bridgehead atoms. The molecule has 1 aromatic rings. The molecule has 4 unspecified atom stereocenters. The third-order valence-electron chi connectivity index (χ3n) is 4.19. The Morgan fingerprint density at radius 3 is 2.56 bits per heavy atom. The minimum atomic E-state index is -1.20. The lowest BCUT2D eigenvalue weighted by Crippen LogP contribution is -2.61. The normalized spacial score (nSPS) is 36.4. The molecule has 0 saturated heterocycles. The minimum absolute atomic E-state index is 0.152. The molecular weight excluding hydrogens is 252 g/mol. The number of fused-ring (bicyclic) bond motifs is 3. The van der Waals surface area contributed by atoms with Crippen LogP contribution in [0.2, 0.25) is 0 Å². The Hall–Kier alpha value is -1.49. The molecule has 2 N–H and O–H groups in total. The van der Waals surface area contributed by atoms with Gasteiger partial charge in [0.2, 0.25) is 0 Å². The van der Waals surface area contributed by atoms with Crippen molar-refractivity contribution in [2.75, 3.05) is 0 Å². The summed E-state index contributed by atoms with van der Waals surface area (Å²) in [7, 11) is 0. The van der Waals surface area contributed by atoms with Crippen molar-refractivity contribution in [2.24, 2.45) is 11.3 Å². The van der Waals surface area contributed by atoms with Crippen LogP contribution < -0.4 is 0 Å². The molecule has 4 atom stereocenters. The largest absolute Gasteiger partial charge is 0.481 e. The molecule has 2 aliphatic rings. The maximum Gasteiger partial charge on any atom is 0.310 e. The summed E-state index contributed by atoms with van der Waals surface area (Å²) in [6.45, 7) is 1.55. The van der Waals surface area contributed by atoms with Crippen molar-refractivity contribution in [2.45, 2.75) is 23.0 Å². The number of rotatable bonds is 2. The molecule has 0 radical (unpaired) electrons. The molecule has 1 aliphatic heterocycles. The summed E-state index contributed by atoms with van der Waals surface area (Å²) >= 11 is 1.50. The van der Waals surface area contributed by atoms with Gasteiger partial charge >= 0.3 is 11.9 Å². The van der Waals surface area contributed by atoms with Crippen LogP contribution in [0.15, 0.2) is 29.2 Å². The van der Waals surface area contributed by atoms with E-state index in [0.717, 1.165) is 10.5 Å². The van der Waals surface area contributed by atoms with Gasteiger partial charge in [-0.1, -0.05) is 18.2 Å². The van der Waals surface area contributed by atoms with Crippen molar-refractivity contribution in [1.82, 2.24) is 0 Å². The van der Waals surface area contributed by atoms with Crippen molar-refractivity contribution >= 4 is 23.7 Å². The zero-order valence-corrected chi connectivity index (χ0v) is 10.5. The lowest BCUT2D eigenvalue weighted by atomic mass is 9.51. The monoisotopic (exact) mass is 264 g/mol. The quantitative estimate of drug-likeness (QED) is 0.855. The molecule has 1 saturated carbocycles. The topological polar surface area (TPSA) is 74.6 Å². The smallest absolute Gasteiger partial charge is 0.310 e. The Labute approximate surface area is 108 Å². The molecule has 94 valence electrons.